The van der Waals surface area contributed by atoms with Crippen molar-refractivity contribution in [2.75, 3.05) is 14.2 Å². The number of alkyl carbamates (subject to hydrolysis) is 2. The Labute approximate surface area is 506 Å². The van der Waals surface area contributed by atoms with Crippen molar-refractivity contribution in [2.45, 2.75) is 174 Å². The molecule has 24 heteroatoms. The first-order valence-electron chi connectivity index (χ1n) is 30.5. The number of aryl methyl sites for hydroxylation is 2. The monoisotopic (exact) mass is 1230 g/mol. The number of likely N-dealkylation sites (tertiary alicyclic amines) is 2. The highest BCUT2D eigenvalue weighted by Gasteiger charge is 2.51. The summed E-state index contributed by atoms with van der Waals surface area (Å²) in [4.78, 5) is 109. The number of fused-ring (bicyclic) bond motifs is 4. The minimum Gasteiger partial charge on any atom is -0.453 e. The van der Waals surface area contributed by atoms with E-state index in [4.69, 9.17) is 28.5 Å². The molecule has 2 saturated heterocycles. The molecule has 4 heterocycles. The largest absolute Gasteiger partial charge is 0.471 e. The van der Waals surface area contributed by atoms with Crippen LogP contribution in [0.4, 0.5) is 9.59 Å². The molecule has 2 aromatic heterocycles. The van der Waals surface area contributed by atoms with Crippen LogP contribution < -0.4 is 10.6 Å². The number of rotatable bonds is 16. The van der Waals surface area contributed by atoms with Crippen LogP contribution in [0.3, 0.4) is 0 Å². The van der Waals surface area contributed by atoms with Gasteiger partial charge in [0, 0.05) is 12.1 Å². The molecule has 6 aliphatic carbocycles. The van der Waals surface area contributed by atoms with E-state index in [1.165, 1.54) is 14.2 Å². The van der Waals surface area contributed by atoms with Crippen LogP contribution in [0, 0.1) is 23.7 Å². The third-order valence-electron chi connectivity index (χ3n) is 19.0. The van der Waals surface area contributed by atoms with E-state index in [0.717, 1.165) is 95.9 Å². The Bertz CT molecular complexity index is 3710. The summed E-state index contributed by atoms with van der Waals surface area (Å²) in [5.41, 5.74) is 10.6. The van der Waals surface area contributed by atoms with Crippen molar-refractivity contribution in [3.05, 3.63) is 107 Å². The zero-order valence-corrected chi connectivity index (χ0v) is 52.1. The molecular weight excluding hydrogens is 1150 g/mol. The fraction of sp³-hybridized carbons (Fsp3) is 0.524. The highest BCUT2D eigenvalue weighted by molar-refractivity contribution is 7.46. The molecule has 0 spiro atoms. The van der Waals surface area contributed by atoms with Gasteiger partial charge in [-0.1, -0.05) is 109 Å². The van der Waals surface area contributed by atoms with Crippen molar-refractivity contribution >= 4 is 61.7 Å². The van der Waals surface area contributed by atoms with E-state index in [1.807, 2.05) is 73.9 Å². The summed E-state index contributed by atoms with van der Waals surface area (Å²) in [6.07, 6.45) is 9.01. The van der Waals surface area contributed by atoms with Gasteiger partial charge in [-0.3, -0.25) is 18.6 Å². The molecule has 4 fully saturated rings. The van der Waals surface area contributed by atoms with Crippen molar-refractivity contribution in [3.63, 3.8) is 0 Å². The maximum atomic E-state index is 14.8. The predicted molar refractivity (Wildman–Crippen MR) is 324 cm³/mol. The van der Waals surface area contributed by atoms with Gasteiger partial charge in [0.15, 0.2) is 0 Å². The molecule has 87 heavy (non-hydrogen) atoms. The molecule has 4 amide bonds. The number of hydrogen-bond acceptors (Lipinski definition) is 12. The van der Waals surface area contributed by atoms with E-state index in [2.05, 4.69) is 54.0 Å². The third kappa shape index (κ3) is 12.9. The molecule has 4 aromatic carbocycles. The van der Waals surface area contributed by atoms with Gasteiger partial charge in [-0.25, -0.2) is 28.7 Å². The van der Waals surface area contributed by atoms with E-state index in [1.54, 1.807) is 9.13 Å². The Kier molecular flexibility index (Phi) is 18.0. The van der Waals surface area contributed by atoms with Crippen molar-refractivity contribution < 1.29 is 66.4 Å². The van der Waals surface area contributed by atoms with Gasteiger partial charge in [0.25, 0.3) is 0 Å². The second kappa shape index (κ2) is 25.2. The van der Waals surface area contributed by atoms with Crippen LogP contribution in [0.15, 0.2) is 72.8 Å². The molecule has 466 valence electrons. The number of benzene rings is 4. The first-order valence-corrected chi connectivity index (χ1v) is 33.5. The maximum Gasteiger partial charge on any atom is 0.471 e. The molecule has 8 aliphatic rings. The lowest BCUT2D eigenvalue weighted by molar-refractivity contribution is -0.139. The summed E-state index contributed by atoms with van der Waals surface area (Å²) in [5, 5.41) is 5.53. The van der Waals surface area contributed by atoms with Crippen LogP contribution in [-0.4, -0.2) is 111 Å². The topological polar surface area (TPSA) is 286 Å². The summed E-state index contributed by atoms with van der Waals surface area (Å²) >= 11 is 0. The SMILES string of the molecule is COC(=O)NC(C(=O)N1C(c2nc3cc(-c4cc5ccc4CCc4ccc(c(-c6ccc7c(c6)nc(C6CC8CCCCC8N6C(=O)C(NC(=O)OC)C(C)C)n7COP(=O)(O)O)c4)CC5C)ccc3n2COP(=O)(O)O)CC2CCCCC21)C(C)C. The van der Waals surface area contributed by atoms with E-state index >= 15 is 0 Å². The lowest BCUT2D eigenvalue weighted by Crippen LogP contribution is -2.54. The van der Waals surface area contributed by atoms with Crippen LogP contribution in [0.1, 0.15) is 151 Å². The number of ether oxygens (including phenoxy) is 2. The molecule has 6 aromatic rings. The Morgan fingerprint density at radius 2 is 1.06 bits per heavy atom. The van der Waals surface area contributed by atoms with E-state index in [9.17, 15) is 47.9 Å². The fourth-order valence-corrected chi connectivity index (χ4v) is 15.3. The first kappa shape index (κ1) is 62.1. The van der Waals surface area contributed by atoms with E-state index in [0.29, 0.717) is 65.8 Å². The number of nitrogens with one attached hydrogen (secondary N) is 2. The fourth-order valence-electron chi connectivity index (χ4n) is 14.8. The summed E-state index contributed by atoms with van der Waals surface area (Å²) in [7, 11) is -7.40. The summed E-state index contributed by atoms with van der Waals surface area (Å²) < 4.78 is 48.3. The molecule has 14 rings (SSSR count). The van der Waals surface area contributed by atoms with Gasteiger partial charge < -0.3 is 58.6 Å². The molecular formula is C63H80N8O14P2. The third-order valence-corrected chi connectivity index (χ3v) is 19.9. The number of hydrogen-bond donors (Lipinski definition) is 6. The number of phosphoric acid groups is 2. The van der Waals surface area contributed by atoms with Crippen molar-refractivity contribution in [2.24, 2.45) is 23.7 Å². The highest BCUT2D eigenvalue weighted by Crippen LogP contribution is 2.50. The Balaban J connectivity index is 0.931. The Hall–Kier alpha value is -6.48. The average molecular weight is 1240 g/mol. The van der Waals surface area contributed by atoms with Gasteiger partial charge in [0.05, 0.1) is 48.4 Å². The van der Waals surface area contributed by atoms with Crippen molar-refractivity contribution in [1.29, 1.82) is 0 Å². The molecule has 6 N–H and O–H groups in total. The number of nitrogens with zero attached hydrogens (tertiary/aromatic N) is 6. The minimum absolute atomic E-state index is 0.0241. The van der Waals surface area contributed by atoms with Gasteiger partial charge in [0.1, 0.15) is 37.2 Å². The van der Waals surface area contributed by atoms with E-state index < -0.39 is 65.5 Å². The molecule has 9 atom stereocenters. The molecule has 2 aliphatic heterocycles. The zero-order valence-electron chi connectivity index (χ0n) is 50.3. The number of imidazole rings is 2. The number of methoxy groups -OCH3 is 2. The smallest absolute Gasteiger partial charge is 0.453 e. The predicted octanol–water partition coefficient (Wildman–Crippen LogP) is 10.7. The van der Waals surface area contributed by atoms with Crippen LogP contribution in [0.5, 0.6) is 0 Å². The first-order chi connectivity index (χ1) is 41.5. The van der Waals surface area contributed by atoms with Gasteiger partial charge in [-0.2, -0.15) is 0 Å². The van der Waals surface area contributed by atoms with Crippen molar-refractivity contribution in [3.8, 4) is 22.3 Å². The normalized spacial score (nSPS) is 22.9. The van der Waals surface area contributed by atoms with Gasteiger partial charge in [0.2, 0.25) is 11.8 Å². The minimum atomic E-state index is -4.96. The number of aromatic nitrogens is 4. The second-order valence-electron chi connectivity index (χ2n) is 25.1. The molecule has 0 radical (unpaired) electrons. The zero-order chi connectivity index (χ0) is 61.8. The van der Waals surface area contributed by atoms with Crippen molar-refractivity contribution in [1.82, 2.24) is 39.5 Å². The number of carbonyl (C=O) groups excluding carboxylic acids is 4. The van der Waals surface area contributed by atoms with Gasteiger partial charge in [-0.05, 0) is 156 Å². The van der Waals surface area contributed by atoms with Crippen LogP contribution in [0.2, 0.25) is 0 Å². The second-order valence-corrected chi connectivity index (χ2v) is 27.6. The van der Waals surface area contributed by atoms with Gasteiger partial charge in [-0.15, -0.1) is 0 Å². The standard InChI is InChI=1S/C63H80N8O14P2/c1-35(2)56(66-62(74)82-6)60(72)70-50-14-10-8-12-44(50)31-54(70)58-64-48-29-42(22-24-52(48)68(58)33-84-86(76,77)78)46-27-38-16-18-39-20-21-40(37(5)26-41(46)19-17-38)28-47(39)43-23-25-53-49(30-43)65-59(69(53)34-85-87(79,80)81)55-32-45-13-9-11-15-51(45)71(55)61(73)57(36(3)4)67-63(75)83-7/h17,19-25,27-30,35-37,44-45,50-51,54-57H,8-16,18,26,31-34H2,1-7H3,(H,66,74)(H,67,75)(H2,76,77,78)(H2,79,80,81). The molecule has 2 saturated carbocycles. The Morgan fingerprint density at radius 1 is 0.598 bits per heavy atom. The van der Waals surface area contributed by atoms with E-state index in [-0.39, 0.29) is 53.5 Å². The average Bonchev–Trinajstić information content (AvgIpc) is 1.74. The molecule has 22 nitrogen and oxygen atoms in total. The summed E-state index contributed by atoms with van der Waals surface area (Å²) in [6, 6.07) is 21.9. The highest BCUT2D eigenvalue weighted by atomic mass is 31.2. The Morgan fingerprint density at radius 3 is 1.52 bits per heavy atom. The molecule has 9 unspecified atom stereocenters. The summed E-state index contributed by atoms with van der Waals surface area (Å²) in [6.45, 7) is 8.64. The maximum absolute atomic E-state index is 14.8. The van der Waals surface area contributed by atoms with Crippen LogP contribution in [-0.2, 0) is 70.0 Å². The van der Waals surface area contributed by atoms with Gasteiger partial charge >= 0.3 is 27.8 Å². The summed E-state index contributed by atoms with van der Waals surface area (Å²) in [5.74, 6) is 0.146. The molecule has 4 bridgehead atoms. The number of phosphoric ester groups is 2. The lowest BCUT2D eigenvalue weighted by Gasteiger charge is -2.37. The number of carbonyl (C=O) groups is 4. The lowest BCUT2D eigenvalue weighted by atomic mass is 9.84. The quantitative estimate of drug-likeness (QED) is 0.0491. The van der Waals surface area contributed by atoms with Crippen LogP contribution in [0.25, 0.3) is 44.3 Å². The van der Waals surface area contributed by atoms with Crippen LogP contribution >= 0.6 is 15.6 Å². The number of amides is 4.